The van der Waals surface area contributed by atoms with Crippen LogP contribution in [0.2, 0.25) is 5.02 Å². The maximum Gasteiger partial charge on any atom is 0.408 e. The van der Waals surface area contributed by atoms with Crippen molar-refractivity contribution in [2.24, 2.45) is 0 Å². The predicted molar refractivity (Wildman–Crippen MR) is 89.0 cm³/mol. The summed E-state index contributed by atoms with van der Waals surface area (Å²) in [4.78, 5) is 4.69. The van der Waals surface area contributed by atoms with Crippen molar-refractivity contribution in [3.8, 4) is 0 Å². The fraction of sp³-hybridized carbons (Fsp3) is 0.188. The van der Waals surface area contributed by atoms with Crippen LogP contribution >= 0.6 is 23.5 Å². The van der Waals surface area contributed by atoms with Gasteiger partial charge < -0.3 is 4.40 Å². The first kappa shape index (κ1) is 18.0. The Labute approximate surface area is 150 Å². The highest BCUT2D eigenvalue weighted by Crippen LogP contribution is 2.42. The molecule has 1 atom stereocenters. The van der Waals surface area contributed by atoms with Crippen LogP contribution in [0.15, 0.2) is 53.8 Å². The summed E-state index contributed by atoms with van der Waals surface area (Å²) in [5.74, 6) is -0.884. The van der Waals surface area contributed by atoms with Gasteiger partial charge in [0.1, 0.15) is 17.5 Å². The zero-order chi connectivity index (χ0) is 18.2. The average Bonchev–Trinajstić information content (AvgIpc) is 2.97. The van der Waals surface area contributed by atoms with E-state index in [4.69, 9.17) is 11.6 Å². The second-order valence-electron chi connectivity index (χ2n) is 5.31. The number of benzene rings is 1. The first-order chi connectivity index (χ1) is 11.8. The fourth-order valence-electron chi connectivity index (χ4n) is 2.45. The topological polar surface area (TPSA) is 20.5 Å². The quantitative estimate of drug-likeness (QED) is 0.442. The molecule has 1 aromatic carbocycles. The summed E-state index contributed by atoms with van der Waals surface area (Å²) in [6.07, 6.45) is 0.466. The Bertz CT molecular complexity index is 896. The molecule has 0 aliphatic carbocycles. The van der Waals surface area contributed by atoms with E-state index in [-0.39, 0.29) is 10.6 Å². The van der Waals surface area contributed by atoms with Gasteiger partial charge in [0, 0.05) is 23.5 Å². The van der Waals surface area contributed by atoms with Gasteiger partial charge in [-0.25, -0.2) is 13.7 Å². The summed E-state index contributed by atoms with van der Waals surface area (Å²) in [5, 5.41) is -0.218. The minimum atomic E-state index is -4.58. The van der Waals surface area contributed by atoms with Crippen LogP contribution in [-0.2, 0) is 0 Å². The average molecular weight is 390 g/mol. The van der Waals surface area contributed by atoms with Crippen LogP contribution in [-0.4, -0.2) is 26.9 Å². The van der Waals surface area contributed by atoms with E-state index in [1.54, 1.807) is 35.1 Å². The van der Waals surface area contributed by atoms with Gasteiger partial charge in [0.05, 0.1) is 5.02 Å². The molecule has 25 heavy (non-hydrogen) atoms. The molecule has 0 saturated carbocycles. The third-order valence-electron chi connectivity index (χ3n) is 3.55. The Kier molecular flexibility index (Phi) is 4.95. The molecule has 0 spiro atoms. The molecule has 0 N–H and O–H groups in total. The minimum absolute atomic E-state index is 0.216. The molecule has 0 radical (unpaired) electrons. The van der Waals surface area contributed by atoms with Crippen LogP contribution in [0, 0.1) is 5.82 Å². The zero-order valence-corrected chi connectivity index (χ0v) is 14.4. The molecule has 0 amide bonds. The molecule has 3 aromatic rings. The van der Waals surface area contributed by atoms with E-state index in [9.17, 15) is 17.6 Å². The number of halogens is 5. The van der Waals surface area contributed by atoms with Crippen LogP contribution in [0.4, 0.5) is 17.6 Å². The van der Waals surface area contributed by atoms with E-state index in [0.29, 0.717) is 10.5 Å². The number of hydrogen-bond donors (Lipinski definition) is 0. The predicted octanol–water partition coefficient (Wildman–Crippen LogP) is 5.37. The van der Waals surface area contributed by atoms with Crippen LogP contribution in [0.25, 0.3) is 5.65 Å². The smallest absolute Gasteiger partial charge is 0.307 e. The lowest BCUT2D eigenvalue weighted by Crippen LogP contribution is -2.32. The molecule has 3 rings (SSSR count). The highest BCUT2D eigenvalue weighted by Gasteiger charge is 2.44. The molecule has 132 valence electrons. The lowest BCUT2D eigenvalue weighted by Gasteiger charge is -2.29. The summed E-state index contributed by atoms with van der Waals surface area (Å²) < 4.78 is 57.1. The van der Waals surface area contributed by atoms with Crippen molar-refractivity contribution >= 4 is 29.2 Å². The van der Waals surface area contributed by atoms with Crippen molar-refractivity contribution in [2.75, 3.05) is 7.05 Å². The van der Waals surface area contributed by atoms with Crippen molar-refractivity contribution < 1.29 is 17.6 Å². The number of hydrogen-bond acceptors (Lipinski definition) is 3. The van der Waals surface area contributed by atoms with E-state index in [1.807, 2.05) is 0 Å². The summed E-state index contributed by atoms with van der Waals surface area (Å²) in [7, 11) is 1.31. The van der Waals surface area contributed by atoms with Crippen LogP contribution < -0.4 is 0 Å². The fourth-order valence-corrected chi connectivity index (χ4v) is 3.53. The first-order valence-corrected chi connectivity index (χ1v) is 8.26. The second-order valence-corrected chi connectivity index (χ2v) is 6.95. The summed E-state index contributed by atoms with van der Waals surface area (Å²) in [6.45, 7) is 0. The number of fused-ring (bicyclic) bond motifs is 1. The molecule has 0 bridgehead atoms. The van der Waals surface area contributed by atoms with Crippen LogP contribution in [0.1, 0.15) is 11.6 Å². The maximum absolute atomic E-state index is 13.6. The Balaban J connectivity index is 1.91. The largest absolute Gasteiger partial charge is 0.408 e. The second kappa shape index (κ2) is 6.86. The third kappa shape index (κ3) is 3.91. The SMILES string of the molecule is CN(Sc1ccn2ccnc2c1)[C@H](c1ccc(Cl)c(F)c1)C(F)(F)F. The number of aromatic nitrogens is 2. The van der Waals surface area contributed by atoms with E-state index >= 15 is 0 Å². The van der Waals surface area contributed by atoms with E-state index in [1.165, 1.54) is 13.1 Å². The summed E-state index contributed by atoms with van der Waals surface area (Å²) in [5.41, 5.74) is 0.408. The Morgan fingerprint density at radius 2 is 1.96 bits per heavy atom. The van der Waals surface area contributed by atoms with Crippen molar-refractivity contribution in [3.05, 3.63) is 65.3 Å². The minimum Gasteiger partial charge on any atom is -0.307 e. The van der Waals surface area contributed by atoms with Gasteiger partial charge in [0.2, 0.25) is 0 Å². The zero-order valence-electron chi connectivity index (χ0n) is 12.8. The number of alkyl halides is 3. The van der Waals surface area contributed by atoms with Gasteiger partial charge in [-0.1, -0.05) is 17.7 Å². The van der Waals surface area contributed by atoms with Crippen molar-refractivity contribution in [3.63, 3.8) is 0 Å². The van der Waals surface area contributed by atoms with Gasteiger partial charge in [0.25, 0.3) is 0 Å². The molecule has 0 fully saturated rings. The molecule has 3 nitrogen and oxygen atoms in total. The molecule has 0 saturated heterocycles. The Morgan fingerprint density at radius 3 is 2.64 bits per heavy atom. The number of rotatable bonds is 4. The molecule has 0 unspecified atom stereocenters. The van der Waals surface area contributed by atoms with Crippen molar-refractivity contribution in [2.45, 2.75) is 17.1 Å². The van der Waals surface area contributed by atoms with E-state index in [0.717, 1.165) is 28.4 Å². The van der Waals surface area contributed by atoms with Crippen molar-refractivity contribution in [1.29, 1.82) is 0 Å². The van der Waals surface area contributed by atoms with E-state index in [2.05, 4.69) is 4.98 Å². The monoisotopic (exact) mass is 389 g/mol. The lowest BCUT2D eigenvalue weighted by molar-refractivity contribution is -0.169. The first-order valence-electron chi connectivity index (χ1n) is 7.11. The number of pyridine rings is 1. The summed E-state index contributed by atoms with van der Waals surface area (Å²) in [6, 6.07) is 4.50. The lowest BCUT2D eigenvalue weighted by atomic mass is 10.1. The Hall–Kier alpha value is -1.77. The van der Waals surface area contributed by atoms with Gasteiger partial charge in [-0.2, -0.15) is 13.2 Å². The van der Waals surface area contributed by atoms with Gasteiger partial charge in [0.15, 0.2) is 0 Å². The van der Waals surface area contributed by atoms with Crippen LogP contribution in [0.5, 0.6) is 0 Å². The molecular formula is C16H12ClF4N3S. The molecular weight excluding hydrogens is 378 g/mol. The number of nitrogens with zero attached hydrogens (tertiary/aromatic N) is 3. The molecule has 0 aliphatic heterocycles. The standard InChI is InChI=1S/C16H12ClF4N3S/c1-23(25-11-4-6-24-7-5-22-14(24)9-11)15(16(19,20)21)10-2-3-12(17)13(18)8-10/h2-9,15H,1H3/t15-/m1/s1. The number of imidazole rings is 1. The summed E-state index contributed by atoms with van der Waals surface area (Å²) >= 11 is 6.48. The third-order valence-corrected chi connectivity index (χ3v) is 4.82. The van der Waals surface area contributed by atoms with Gasteiger partial charge >= 0.3 is 6.18 Å². The molecule has 0 aliphatic rings. The molecule has 9 heteroatoms. The normalized spacial score (nSPS) is 13.6. The van der Waals surface area contributed by atoms with Gasteiger partial charge in [-0.05, 0) is 48.8 Å². The highest BCUT2D eigenvalue weighted by atomic mass is 35.5. The Morgan fingerprint density at radius 1 is 1.20 bits per heavy atom. The van der Waals surface area contributed by atoms with Gasteiger partial charge in [-0.3, -0.25) is 0 Å². The van der Waals surface area contributed by atoms with Gasteiger partial charge in [-0.15, -0.1) is 0 Å². The molecule has 2 heterocycles. The maximum atomic E-state index is 13.6. The van der Waals surface area contributed by atoms with E-state index < -0.39 is 18.0 Å². The van der Waals surface area contributed by atoms with Crippen LogP contribution in [0.3, 0.4) is 0 Å². The van der Waals surface area contributed by atoms with Crippen molar-refractivity contribution in [1.82, 2.24) is 13.7 Å². The highest BCUT2D eigenvalue weighted by molar-refractivity contribution is 7.97. The molecule has 2 aromatic heterocycles.